The van der Waals surface area contributed by atoms with Crippen LogP contribution in [0, 0.1) is 5.41 Å². The molecule has 0 spiro atoms. The van der Waals surface area contributed by atoms with Gasteiger partial charge in [-0.25, -0.2) is 4.98 Å². The molecule has 0 aliphatic rings. The molecular weight excluding hydrogens is 190 g/mol. The van der Waals surface area contributed by atoms with Crippen molar-refractivity contribution in [3.63, 3.8) is 0 Å². The maximum absolute atomic E-state index is 9.06. The van der Waals surface area contributed by atoms with Crippen LogP contribution in [0.4, 0.5) is 5.82 Å². The van der Waals surface area contributed by atoms with Crippen LogP contribution < -0.4 is 17.1 Å². The second kappa shape index (κ2) is 4.15. The van der Waals surface area contributed by atoms with Crippen molar-refractivity contribution in [3.8, 4) is 0 Å². The van der Waals surface area contributed by atoms with Gasteiger partial charge in [0.2, 0.25) is 0 Å². The first-order chi connectivity index (χ1) is 6.15. The topological polar surface area (TPSA) is 114 Å². The second-order valence-electron chi connectivity index (χ2n) is 2.29. The van der Waals surface area contributed by atoms with E-state index in [9.17, 15) is 0 Å². The summed E-state index contributed by atoms with van der Waals surface area (Å²) in [6.07, 6.45) is 0. The van der Waals surface area contributed by atoms with Crippen molar-refractivity contribution in [2.75, 3.05) is 18.0 Å². The van der Waals surface area contributed by atoms with Gasteiger partial charge < -0.3 is 16.7 Å². The molecule has 0 amide bonds. The number of hydrogen-bond acceptors (Lipinski definition) is 6. The predicted octanol–water partition coefficient (Wildman–Crippen LogP) is -0.767. The van der Waals surface area contributed by atoms with E-state index in [4.69, 9.17) is 22.1 Å². The third-order valence-corrected chi connectivity index (χ3v) is 2.25. The summed E-state index contributed by atoms with van der Waals surface area (Å²) in [4.78, 5) is 3.78. The van der Waals surface area contributed by atoms with E-state index in [1.165, 1.54) is 17.8 Å². The molecule has 0 bridgehead atoms. The number of rotatable bonds is 3. The fraction of sp³-hybridized carbons (Fsp3) is 0.333. The van der Waals surface area contributed by atoms with Gasteiger partial charge in [0, 0.05) is 18.4 Å². The Morgan fingerprint density at radius 2 is 2.38 bits per heavy atom. The lowest BCUT2D eigenvalue weighted by Gasteiger charge is -2.03. The van der Waals surface area contributed by atoms with Crippen LogP contribution in [0.1, 0.15) is 0 Å². The van der Waals surface area contributed by atoms with Gasteiger partial charge in [0.25, 0.3) is 5.62 Å². The van der Waals surface area contributed by atoms with E-state index in [0.29, 0.717) is 22.1 Å². The van der Waals surface area contributed by atoms with E-state index >= 15 is 0 Å². The molecule has 0 saturated heterocycles. The molecule has 0 saturated carbocycles. The Morgan fingerprint density at radius 1 is 1.69 bits per heavy atom. The van der Waals surface area contributed by atoms with Gasteiger partial charge in [-0.15, -0.1) is 16.5 Å². The van der Waals surface area contributed by atoms with Crippen molar-refractivity contribution >= 4 is 17.6 Å². The molecule has 0 radical (unpaired) electrons. The fourth-order valence-corrected chi connectivity index (χ4v) is 1.41. The van der Waals surface area contributed by atoms with E-state index in [1.807, 2.05) is 0 Å². The van der Waals surface area contributed by atoms with Gasteiger partial charge in [0.15, 0.2) is 0 Å². The fourth-order valence-electron chi connectivity index (χ4n) is 0.731. The zero-order valence-electron chi connectivity index (χ0n) is 6.90. The summed E-state index contributed by atoms with van der Waals surface area (Å²) in [6, 6.07) is 1.50. The standard InChI is InChI=1S/C6H11N5OS/c7-1-2-13-5-3-4(8)11(12)6(9)10-5/h3,9,12H,1-2,7-8H2. The van der Waals surface area contributed by atoms with E-state index in [1.54, 1.807) is 0 Å². The van der Waals surface area contributed by atoms with Gasteiger partial charge in [-0.3, -0.25) is 5.41 Å². The van der Waals surface area contributed by atoms with Crippen LogP contribution >= 0.6 is 11.8 Å². The lowest BCUT2D eigenvalue weighted by molar-refractivity contribution is 0.170. The number of nitrogens with zero attached hydrogens (tertiary/aromatic N) is 2. The SMILES string of the molecule is N=c1nc(SCCN)cc(N)n1O. The maximum Gasteiger partial charge on any atom is 0.258 e. The van der Waals surface area contributed by atoms with Crippen molar-refractivity contribution < 1.29 is 5.21 Å². The minimum Gasteiger partial charge on any atom is -0.423 e. The van der Waals surface area contributed by atoms with E-state index in [2.05, 4.69) is 4.98 Å². The average Bonchev–Trinajstić information content (AvgIpc) is 2.10. The molecule has 6 nitrogen and oxygen atoms in total. The van der Waals surface area contributed by atoms with E-state index < -0.39 is 0 Å². The molecule has 0 aliphatic heterocycles. The zero-order valence-corrected chi connectivity index (χ0v) is 7.71. The minimum atomic E-state index is -0.278. The van der Waals surface area contributed by atoms with Crippen molar-refractivity contribution in [1.29, 1.82) is 5.41 Å². The zero-order chi connectivity index (χ0) is 9.84. The van der Waals surface area contributed by atoms with E-state index in [-0.39, 0.29) is 11.4 Å². The molecule has 1 aromatic rings. The quantitative estimate of drug-likeness (QED) is 0.291. The van der Waals surface area contributed by atoms with E-state index in [0.717, 1.165) is 0 Å². The van der Waals surface area contributed by atoms with Gasteiger partial charge in [-0.1, -0.05) is 0 Å². The Bertz CT molecular complexity index is 349. The summed E-state index contributed by atoms with van der Waals surface area (Å²) < 4.78 is 0.520. The highest BCUT2D eigenvalue weighted by Crippen LogP contribution is 2.13. The normalized spacial score (nSPS) is 10.2. The van der Waals surface area contributed by atoms with Gasteiger partial charge >= 0.3 is 0 Å². The first-order valence-corrected chi connectivity index (χ1v) is 4.60. The van der Waals surface area contributed by atoms with Crippen molar-refractivity contribution in [2.24, 2.45) is 5.73 Å². The van der Waals surface area contributed by atoms with Crippen LogP contribution in [0.25, 0.3) is 0 Å². The molecule has 0 fully saturated rings. The predicted molar refractivity (Wildman–Crippen MR) is 49.5 cm³/mol. The number of nitrogens with one attached hydrogen (secondary N) is 1. The highest BCUT2D eigenvalue weighted by atomic mass is 32.2. The van der Waals surface area contributed by atoms with Crippen LogP contribution in [-0.4, -0.2) is 27.2 Å². The lowest BCUT2D eigenvalue weighted by Crippen LogP contribution is -2.24. The van der Waals surface area contributed by atoms with Gasteiger partial charge in [0.1, 0.15) is 10.8 Å². The van der Waals surface area contributed by atoms with Crippen molar-refractivity contribution in [1.82, 2.24) is 9.71 Å². The summed E-state index contributed by atoms with van der Waals surface area (Å²) in [7, 11) is 0. The Labute approximate surface area is 79.0 Å². The smallest absolute Gasteiger partial charge is 0.258 e. The van der Waals surface area contributed by atoms with Crippen molar-refractivity contribution in [3.05, 3.63) is 11.7 Å². The van der Waals surface area contributed by atoms with Crippen LogP contribution in [0.3, 0.4) is 0 Å². The Balaban J connectivity index is 2.93. The molecule has 1 rings (SSSR count). The summed E-state index contributed by atoms with van der Waals surface area (Å²) in [6.45, 7) is 0.535. The molecule has 1 heterocycles. The largest absolute Gasteiger partial charge is 0.423 e. The molecule has 6 N–H and O–H groups in total. The lowest BCUT2D eigenvalue weighted by atomic mass is 10.6. The van der Waals surface area contributed by atoms with Gasteiger partial charge in [0.05, 0.1) is 0 Å². The summed E-state index contributed by atoms with van der Waals surface area (Å²) in [5, 5.41) is 16.9. The molecule has 13 heavy (non-hydrogen) atoms. The molecule has 72 valence electrons. The molecule has 0 atom stereocenters. The third-order valence-electron chi connectivity index (χ3n) is 1.30. The van der Waals surface area contributed by atoms with Crippen LogP contribution in [-0.2, 0) is 0 Å². The van der Waals surface area contributed by atoms with Gasteiger partial charge in [-0.2, -0.15) is 0 Å². The van der Waals surface area contributed by atoms with Crippen LogP contribution in [0.2, 0.25) is 0 Å². The van der Waals surface area contributed by atoms with Crippen LogP contribution in [0.15, 0.2) is 11.1 Å². The number of nitrogen functional groups attached to an aromatic ring is 1. The van der Waals surface area contributed by atoms with Crippen LogP contribution in [0.5, 0.6) is 0 Å². The average molecular weight is 201 g/mol. The number of hydrogen-bond donors (Lipinski definition) is 4. The minimum absolute atomic E-state index is 0.0968. The number of aromatic nitrogens is 2. The molecule has 1 aromatic heterocycles. The van der Waals surface area contributed by atoms with Gasteiger partial charge in [-0.05, 0) is 0 Å². The Hall–Kier alpha value is -1.21. The number of thioether (sulfide) groups is 1. The summed E-state index contributed by atoms with van der Waals surface area (Å²) in [5.41, 5.74) is 10.4. The Morgan fingerprint density at radius 3 is 2.92 bits per heavy atom. The monoisotopic (exact) mass is 201 g/mol. The Kier molecular flexibility index (Phi) is 3.15. The first kappa shape index (κ1) is 9.87. The highest BCUT2D eigenvalue weighted by Gasteiger charge is 2.01. The number of nitrogens with two attached hydrogens (primary N) is 2. The second-order valence-corrected chi connectivity index (χ2v) is 3.41. The summed E-state index contributed by atoms with van der Waals surface area (Å²) in [5.74, 6) is 0.806. The summed E-state index contributed by atoms with van der Waals surface area (Å²) >= 11 is 1.40. The third kappa shape index (κ3) is 2.36. The van der Waals surface area contributed by atoms with Crippen molar-refractivity contribution in [2.45, 2.75) is 5.03 Å². The number of anilines is 1. The molecule has 0 aromatic carbocycles. The molecule has 0 unspecified atom stereocenters. The first-order valence-electron chi connectivity index (χ1n) is 3.61. The maximum atomic E-state index is 9.06. The molecular formula is C6H11N5OS. The molecule has 7 heteroatoms. The molecule has 0 aliphatic carbocycles. The highest BCUT2D eigenvalue weighted by molar-refractivity contribution is 7.99.